The van der Waals surface area contributed by atoms with E-state index in [4.69, 9.17) is 4.74 Å². The van der Waals surface area contributed by atoms with Crippen molar-refractivity contribution >= 4 is 17.8 Å². The number of amides is 4. The third kappa shape index (κ3) is 4.84. The van der Waals surface area contributed by atoms with E-state index in [0.717, 1.165) is 29.5 Å². The van der Waals surface area contributed by atoms with Gasteiger partial charge in [0.1, 0.15) is 6.04 Å². The maximum atomic E-state index is 14.2. The Morgan fingerprint density at radius 2 is 2.00 bits per heavy atom. The van der Waals surface area contributed by atoms with Gasteiger partial charge < -0.3 is 20.3 Å². The number of nitrogens with one attached hydrogen (secondary N) is 2. The third-order valence-electron chi connectivity index (χ3n) is 7.50. The number of carbonyl (C=O) groups excluding carboxylic acids is 3. The largest absolute Gasteiger partial charge is 0.376 e. The molecule has 0 spiro atoms. The van der Waals surface area contributed by atoms with Crippen molar-refractivity contribution in [1.82, 2.24) is 20.4 Å². The zero-order chi connectivity index (χ0) is 26.8. The van der Waals surface area contributed by atoms with Gasteiger partial charge in [-0.05, 0) is 43.4 Å². The van der Waals surface area contributed by atoms with Gasteiger partial charge >= 0.3 is 6.03 Å². The van der Waals surface area contributed by atoms with Crippen molar-refractivity contribution in [3.63, 3.8) is 0 Å². The van der Waals surface area contributed by atoms with Crippen LogP contribution in [0.1, 0.15) is 47.2 Å². The number of carbonyl (C=O) groups is 3. The van der Waals surface area contributed by atoms with Crippen molar-refractivity contribution in [3.8, 4) is 0 Å². The first-order chi connectivity index (χ1) is 18.4. The van der Waals surface area contributed by atoms with Crippen molar-refractivity contribution in [2.45, 2.75) is 44.9 Å². The molecule has 2 aromatic rings. The molecule has 38 heavy (non-hydrogen) atoms. The van der Waals surface area contributed by atoms with Crippen molar-refractivity contribution < 1.29 is 19.1 Å². The van der Waals surface area contributed by atoms with Crippen LogP contribution in [0.15, 0.2) is 72.5 Å². The summed E-state index contributed by atoms with van der Waals surface area (Å²) in [5, 5.41) is 6.05. The number of hydrogen-bond acceptors (Lipinski definition) is 4. The molecular weight excluding hydrogens is 480 g/mol. The van der Waals surface area contributed by atoms with Crippen LogP contribution in [0.3, 0.4) is 0 Å². The lowest BCUT2D eigenvalue weighted by Gasteiger charge is -2.33. The summed E-state index contributed by atoms with van der Waals surface area (Å²) in [7, 11) is 0. The van der Waals surface area contributed by atoms with E-state index in [2.05, 4.69) is 17.2 Å². The second-order valence-corrected chi connectivity index (χ2v) is 10.1. The first-order valence-corrected chi connectivity index (χ1v) is 13.1. The lowest BCUT2D eigenvalue weighted by Crippen LogP contribution is -2.47. The van der Waals surface area contributed by atoms with Crippen molar-refractivity contribution in [2.75, 3.05) is 26.2 Å². The van der Waals surface area contributed by atoms with E-state index >= 15 is 0 Å². The summed E-state index contributed by atoms with van der Waals surface area (Å²) >= 11 is 0. The Hall–Kier alpha value is -3.91. The van der Waals surface area contributed by atoms with Crippen LogP contribution >= 0.6 is 0 Å². The highest BCUT2D eigenvalue weighted by Gasteiger charge is 2.47. The molecule has 0 unspecified atom stereocenters. The minimum atomic E-state index is -0.851. The number of rotatable bonds is 8. The van der Waals surface area contributed by atoms with Crippen LogP contribution < -0.4 is 10.6 Å². The molecule has 0 saturated carbocycles. The predicted octanol–water partition coefficient (Wildman–Crippen LogP) is 3.69. The molecule has 0 aromatic heterocycles. The fraction of sp³-hybridized carbons (Fsp3) is 0.367. The Bertz CT molecular complexity index is 1280. The molecule has 3 aliphatic heterocycles. The van der Waals surface area contributed by atoms with E-state index in [1.165, 1.54) is 0 Å². The molecule has 3 heterocycles. The molecule has 0 aliphatic carbocycles. The maximum absolute atomic E-state index is 14.2. The van der Waals surface area contributed by atoms with E-state index in [-0.39, 0.29) is 37.0 Å². The predicted molar refractivity (Wildman–Crippen MR) is 144 cm³/mol. The van der Waals surface area contributed by atoms with Gasteiger partial charge in [0.15, 0.2) is 0 Å². The van der Waals surface area contributed by atoms with Gasteiger partial charge in [0.2, 0.25) is 5.91 Å². The summed E-state index contributed by atoms with van der Waals surface area (Å²) in [6.07, 6.45) is 3.49. The van der Waals surface area contributed by atoms with Gasteiger partial charge in [-0.3, -0.25) is 14.5 Å². The fourth-order valence-corrected chi connectivity index (χ4v) is 5.65. The minimum absolute atomic E-state index is 0.0187. The summed E-state index contributed by atoms with van der Waals surface area (Å²) in [5.74, 6) is -0.530. The lowest BCUT2D eigenvalue weighted by atomic mass is 9.91. The van der Waals surface area contributed by atoms with E-state index in [0.29, 0.717) is 30.0 Å². The second kappa shape index (κ2) is 10.8. The molecule has 4 amide bonds. The second-order valence-electron chi connectivity index (χ2n) is 10.1. The number of nitrogens with zero attached hydrogens (tertiary/aromatic N) is 2. The first kappa shape index (κ1) is 25.7. The van der Waals surface area contributed by atoms with Crippen molar-refractivity contribution in [1.29, 1.82) is 0 Å². The van der Waals surface area contributed by atoms with Crippen LogP contribution in [0.5, 0.6) is 0 Å². The van der Waals surface area contributed by atoms with Crippen LogP contribution in [-0.2, 0) is 14.3 Å². The van der Waals surface area contributed by atoms with Gasteiger partial charge in [0, 0.05) is 19.7 Å². The molecule has 1 saturated heterocycles. The average Bonchev–Trinajstić information content (AvgIpc) is 3.54. The minimum Gasteiger partial charge on any atom is -0.376 e. The molecule has 3 aliphatic rings. The highest BCUT2D eigenvalue weighted by atomic mass is 16.5. The number of aryl methyl sites for hydroxylation is 2. The summed E-state index contributed by atoms with van der Waals surface area (Å²) in [5.41, 5.74) is 4.76. The van der Waals surface area contributed by atoms with Crippen LogP contribution in [0.4, 0.5) is 4.79 Å². The van der Waals surface area contributed by atoms with E-state index in [1.807, 2.05) is 62.4 Å². The van der Waals surface area contributed by atoms with Gasteiger partial charge in [0.25, 0.3) is 5.91 Å². The molecule has 2 N–H and O–H groups in total. The number of hydrogen-bond donors (Lipinski definition) is 2. The van der Waals surface area contributed by atoms with Crippen LogP contribution in [0.25, 0.3) is 0 Å². The van der Waals surface area contributed by atoms with Gasteiger partial charge in [-0.15, -0.1) is 6.58 Å². The van der Waals surface area contributed by atoms with Crippen LogP contribution in [0, 0.1) is 13.8 Å². The van der Waals surface area contributed by atoms with Crippen molar-refractivity contribution in [3.05, 3.63) is 94.7 Å². The van der Waals surface area contributed by atoms with Gasteiger partial charge in [-0.2, -0.15) is 0 Å². The van der Waals surface area contributed by atoms with Crippen LogP contribution in [-0.4, -0.2) is 60.0 Å². The zero-order valence-electron chi connectivity index (χ0n) is 21.9. The Kier molecular flexibility index (Phi) is 7.33. The van der Waals surface area contributed by atoms with E-state index < -0.39 is 12.1 Å². The summed E-state index contributed by atoms with van der Waals surface area (Å²) in [4.78, 5) is 44.2. The Morgan fingerprint density at radius 1 is 1.21 bits per heavy atom. The van der Waals surface area contributed by atoms with E-state index in [9.17, 15) is 14.4 Å². The molecule has 8 heteroatoms. The molecule has 5 rings (SSSR count). The third-order valence-corrected chi connectivity index (χ3v) is 7.50. The Morgan fingerprint density at radius 3 is 2.68 bits per heavy atom. The van der Waals surface area contributed by atoms with Crippen molar-refractivity contribution in [2.24, 2.45) is 0 Å². The normalized spacial score (nSPS) is 21.8. The summed E-state index contributed by atoms with van der Waals surface area (Å²) in [6, 6.07) is 13.5. The Labute approximate surface area is 223 Å². The molecule has 0 bridgehead atoms. The van der Waals surface area contributed by atoms with Crippen LogP contribution in [0.2, 0.25) is 0 Å². The molecule has 0 radical (unpaired) electrons. The zero-order valence-corrected chi connectivity index (χ0v) is 21.9. The summed E-state index contributed by atoms with van der Waals surface area (Å²) < 4.78 is 5.68. The maximum Gasteiger partial charge on any atom is 0.322 e. The smallest absolute Gasteiger partial charge is 0.322 e. The Balaban J connectivity index is 1.52. The van der Waals surface area contributed by atoms with Gasteiger partial charge in [0.05, 0.1) is 30.0 Å². The lowest BCUT2D eigenvalue weighted by molar-refractivity contribution is -0.137. The monoisotopic (exact) mass is 514 g/mol. The fourth-order valence-electron chi connectivity index (χ4n) is 5.65. The van der Waals surface area contributed by atoms with Gasteiger partial charge in [-0.25, -0.2) is 4.79 Å². The van der Waals surface area contributed by atoms with Gasteiger partial charge in [-0.1, -0.05) is 60.2 Å². The number of ether oxygens (including phenoxy) is 1. The molecule has 198 valence electrons. The highest BCUT2D eigenvalue weighted by molar-refractivity contribution is 6.04. The SMILES string of the molecule is C=CCN1C(=O)N[C@H](c2ccc(C)cc2C)C2=C1CN([C@@H](C(=O)NC[C@H]1CCCO1)c1ccccc1)C2=O. The quantitative estimate of drug-likeness (QED) is 0.526. The number of urea groups is 1. The summed E-state index contributed by atoms with van der Waals surface area (Å²) in [6.45, 7) is 9.28. The van der Waals surface area contributed by atoms with E-state index in [1.54, 1.807) is 15.9 Å². The standard InChI is InChI=1S/C30H34N4O4/c1-4-14-33-24-18-34(27(21-9-6-5-7-10-21)28(35)31-17-22-11-8-15-38-22)29(36)25(24)26(32-30(33)37)23-13-12-19(2)16-20(23)3/h4-7,9-10,12-13,16,22,26-27H,1,8,11,14-15,17-18H2,2-3H3,(H,31,35)(H,32,37)/t22-,26-,27-/m1/s1. The molecule has 2 aromatic carbocycles. The number of benzene rings is 2. The topological polar surface area (TPSA) is 91.0 Å². The molecule has 3 atom stereocenters. The molecular formula is C30H34N4O4. The molecule has 1 fully saturated rings. The molecule has 8 nitrogen and oxygen atoms in total. The highest BCUT2D eigenvalue weighted by Crippen LogP contribution is 2.40. The average molecular weight is 515 g/mol. The first-order valence-electron chi connectivity index (χ1n) is 13.1.